The predicted molar refractivity (Wildman–Crippen MR) is 66.9 cm³/mol. The van der Waals surface area contributed by atoms with Crippen LogP contribution in [0.4, 0.5) is 0 Å². The first kappa shape index (κ1) is 12.7. The van der Waals surface area contributed by atoms with E-state index >= 15 is 0 Å². The molecule has 1 aliphatic carbocycles. The van der Waals surface area contributed by atoms with Gasteiger partial charge < -0.3 is 0 Å². The van der Waals surface area contributed by atoms with E-state index in [0.29, 0.717) is 5.41 Å². The molecule has 2 nitrogen and oxygen atoms in total. The predicted octanol–water partition coefficient (Wildman–Crippen LogP) is 3.28. The second-order valence-corrected chi connectivity index (χ2v) is 6.75. The van der Waals surface area contributed by atoms with Gasteiger partial charge in [-0.2, -0.15) is 0 Å². The van der Waals surface area contributed by atoms with Gasteiger partial charge in [0.25, 0.3) is 0 Å². The maximum atomic E-state index is 4.74. The first-order chi connectivity index (χ1) is 6.68. The lowest BCUT2D eigenvalue weighted by molar-refractivity contribution is -0.877. The Balaban J connectivity index is 2.54. The van der Waals surface area contributed by atoms with E-state index in [1.165, 1.54) is 31.4 Å². The molecule has 0 N–H and O–H groups in total. The number of nitrogens with zero attached hydrogens (tertiary/aromatic N) is 2. The van der Waals surface area contributed by atoms with Gasteiger partial charge >= 0.3 is 0 Å². The Labute approximate surface area is 94.9 Å². The van der Waals surface area contributed by atoms with Gasteiger partial charge in [-0.25, -0.2) is 4.59 Å². The third kappa shape index (κ3) is 4.33. The molecule has 0 spiro atoms. The molecule has 0 aromatic heterocycles. The molecule has 1 fully saturated rings. The van der Waals surface area contributed by atoms with Crippen LogP contribution in [0.25, 0.3) is 0 Å². The quantitative estimate of drug-likeness (QED) is 0.466. The minimum absolute atomic E-state index is 0.474. The molecule has 15 heavy (non-hydrogen) atoms. The summed E-state index contributed by atoms with van der Waals surface area (Å²) in [5, 5.41) is 4.74. The van der Waals surface area contributed by atoms with E-state index in [-0.39, 0.29) is 0 Å². The second kappa shape index (κ2) is 4.25. The second-order valence-electron chi connectivity index (χ2n) is 6.75. The maximum absolute atomic E-state index is 4.74. The summed E-state index contributed by atoms with van der Waals surface area (Å²) in [6.45, 7) is 7.08. The number of hydrogen-bond donors (Lipinski definition) is 0. The lowest BCUT2D eigenvalue weighted by atomic mass is 9.72. The molecular formula is C13H27N2+. The highest BCUT2D eigenvalue weighted by Crippen LogP contribution is 2.36. The molecule has 0 bridgehead atoms. The molecule has 1 rings (SSSR count). The Kier molecular flexibility index (Phi) is 3.59. The maximum Gasteiger partial charge on any atom is 0.0923 e. The van der Waals surface area contributed by atoms with Crippen molar-refractivity contribution in [2.24, 2.45) is 16.4 Å². The summed E-state index contributed by atoms with van der Waals surface area (Å²) in [6.07, 6.45) is 5.06. The zero-order valence-corrected chi connectivity index (χ0v) is 11.3. The van der Waals surface area contributed by atoms with E-state index in [2.05, 4.69) is 41.9 Å². The monoisotopic (exact) mass is 211 g/mol. The third-order valence-electron chi connectivity index (χ3n) is 3.23. The molecule has 0 saturated heterocycles. The van der Waals surface area contributed by atoms with Crippen molar-refractivity contribution in [1.82, 2.24) is 0 Å². The minimum atomic E-state index is 0.474. The Morgan fingerprint density at radius 1 is 1.07 bits per heavy atom. The Hall–Kier alpha value is -0.370. The van der Waals surface area contributed by atoms with Crippen molar-refractivity contribution in [3.05, 3.63) is 0 Å². The van der Waals surface area contributed by atoms with Crippen molar-refractivity contribution in [2.75, 3.05) is 21.1 Å². The fourth-order valence-electron chi connectivity index (χ4n) is 2.34. The Morgan fingerprint density at radius 2 is 1.53 bits per heavy atom. The van der Waals surface area contributed by atoms with E-state index < -0.39 is 0 Å². The third-order valence-corrected chi connectivity index (χ3v) is 3.23. The molecule has 0 aromatic rings. The average molecular weight is 211 g/mol. The van der Waals surface area contributed by atoms with Crippen LogP contribution in [0, 0.1) is 11.3 Å². The molecule has 1 aliphatic rings. The van der Waals surface area contributed by atoms with Gasteiger partial charge in [0.2, 0.25) is 0 Å². The molecule has 88 valence electrons. The van der Waals surface area contributed by atoms with E-state index in [1.807, 2.05) is 0 Å². The van der Waals surface area contributed by atoms with Gasteiger partial charge in [-0.1, -0.05) is 25.9 Å². The summed E-state index contributed by atoms with van der Waals surface area (Å²) in [6, 6.07) is 0. The SMILES string of the molecule is CC(C)(C)C1CCC(=N[N+](C)(C)C)CC1. The largest absolute Gasteiger partial charge is 0.205 e. The molecule has 0 aliphatic heterocycles. The molecule has 0 radical (unpaired) electrons. The van der Waals surface area contributed by atoms with Crippen LogP contribution < -0.4 is 0 Å². The van der Waals surface area contributed by atoms with E-state index in [9.17, 15) is 0 Å². The lowest BCUT2D eigenvalue weighted by Crippen LogP contribution is -2.32. The zero-order valence-electron chi connectivity index (χ0n) is 11.3. The van der Waals surface area contributed by atoms with Crippen LogP contribution in [0.1, 0.15) is 46.5 Å². The van der Waals surface area contributed by atoms with Crippen molar-refractivity contribution in [2.45, 2.75) is 46.5 Å². The number of quaternary nitrogens is 1. The lowest BCUT2D eigenvalue weighted by Gasteiger charge is -2.34. The highest BCUT2D eigenvalue weighted by Gasteiger charge is 2.28. The Bertz CT molecular complexity index is 230. The van der Waals surface area contributed by atoms with Gasteiger partial charge in [-0.05, 0) is 37.0 Å². The summed E-state index contributed by atoms with van der Waals surface area (Å²) in [4.78, 5) is 0. The first-order valence-electron chi connectivity index (χ1n) is 6.08. The summed E-state index contributed by atoms with van der Waals surface area (Å²) in [5.74, 6) is 0.879. The standard InChI is InChI=1S/C13H27N2/c1-13(2,3)11-7-9-12(10-8-11)14-15(4,5)6/h11H,7-10H2,1-6H3/q+1. The molecule has 0 amide bonds. The van der Waals surface area contributed by atoms with Crippen LogP contribution >= 0.6 is 0 Å². The molecule has 1 saturated carbocycles. The summed E-state index contributed by atoms with van der Waals surface area (Å²) in [5.41, 5.74) is 1.89. The molecule has 0 atom stereocenters. The minimum Gasteiger partial charge on any atom is -0.205 e. The molecular weight excluding hydrogens is 184 g/mol. The normalized spacial score (nSPS) is 24.1. The average Bonchev–Trinajstić information content (AvgIpc) is 2.00. The fraction of sp³-hybridized carbons (Fsp3) is 0.923. The molecule has 0 aromatic carbocycles. The van der Waals surface area contributed by atoms with E-state index in [1.54, 1.807) is 0 Å². The van der Waals surface area contributed by atoms with Crippen LogP contribution in [0.3, 0.4) is 0 Å². The molecule has 0 unspecified atom stereocenters. The number of rotatable bonds is 1. The van der Waals surface area contributed by atoms with Crippen LogP contribution in [-0.2, 0) is 0 Å². The number of hydrogen-bond acceptors (Lipinski definition) is 1. The van der Waals surface area contributed by atoms with Gasteiger partial charge in [-0.15, -0.1) is 0 Å². The first-order valence-corrected chi connectivity index (χ1v) is 6.08. The van der Waals surface area contributed by atoms with Gasteiger partial charge in [0.15, 0.2) is 0 Å². The summed E-state index contributed by atoms with van der Waals surface area (Å²) < 4.78 is 0.718. The van der Waals surface area contributed by atoms with Crippen molar-refractivity contribution in [3.63, 3.8) is 0 Å². The van der Waals surface area contributed by atoms with E-state index in [0.717, 1.165) is 10.5 Å². The van der Waals surface area contributed by atoms with Crippen LogP contribution in [0.2, 0.25) is 0 Å². The molecule has 2 heteroatoms. The topological polar surface area (TPSA) is 12.4 Å². The smallest absolute Gasteiger partial charge is 0.0923 e. The van der Waals surface area contributed by atoms with Crippen molar-refractivity contribution >= 4 is 5.71 Å². The van der Waals surface area contributed by atoms with Crippen molar-refractivity contribution < 1.29 is 4.59 Å². The van der Waals surface area contributed by atoms with Crippen LogP contribution in [0.15, 0.2) is 5.10 Å². The summed E-state index contributed by atoms with van der Waals surface area (Å²) >= 11 is 0. The van der Waals surface area contributed by atoms with Gasteiger partial charge in [-0.3, -0.25) is 0 Å². The Morgan fingerprint density at radius 3 is 1.87 bits per heavy atom. The van der Waals surface area contributed by atoms with Gasteiger partial charge in [0.1, 0.15) is 0 Å². The fourth-order valence-corrected chi connectivity index (χ4v) is 2.34. The van der Waals surface area contributed by atoms with Crippen LogP contribution in [-0.4, -0.2) is 31.4 Å². The van der Waals surface area contributed by atoms with E-state index in [4.69, 9.17) is 5.10 Å². The van der Waals surface area contributed by atoms with Crippen molar-refractivity contribution in [1.29, 1.82) is 0 Å². The van der Waals surface area contributed by atoms with Gasteiger partial charge in [0, 0.05) is 0 Å². The summed E-state index contributed by atoms with van der Waals surface area (Å²) in [7, 11) is 6.38. The van der Waals surface area contributed by atoms with Gasteiger partial charge in [0.05, 0.1) is 26.9 Å². The highest BCUT2D eigenvalue weighted by atomic mass is 15.6. The highest BCUT2D eigenvalue weighted by molar-refractivity contribution is 5.84. The molecule has 0 heterocycles. The zero-order chi connectivity index (χ0) is 11.7. The van der Waals surface area contributed by atoms with Crippen molar-refractivity contribution in [3.8, 4) is 0 Å². The van der Waals surface area contributed by atoms with Crippen LogP contribution in [0.5, 0.6) is 0 Å².